The van der Waals surface area contributed by atoms with Gasteiger partial charge in [0.2, 0.25) is 0 Å². The van der Waals surface area contributed by atoms with E-state index >= 15 is 0 Å². The van der Waals surface area contributed by atoms with Crippen molar-refractivity contribution in [1.82, 2.24) is 4.90 Å². The zero-order valence-electron chi connectivity index (χ0n) is 11.0. The van der Waals surface area contributed by atoms with E-state index in [1.807, 2.05) is 6.07 Å². The van der Waals surface area contributed by atoms with E-state index < -0.39 is 0 Å². The first kappa shape index (κ1) is 15.4. The second-order valence-electron chi connectivity index (χ2n) is 5.13. The first-order chi connectivity index (χ1) is 8.08. The number of hydrogen-bond donors (Lipinski definition) is 1. The van der Waals surface area contributed by atoms with Crippen LogP contribution in [0.1, 0.15) is 31.9 Å². The van der Waals surface area contributed by atoms with Crippen LogP contribution in [0.15, 0.2) is 24.3 Å². The van der Waals surface area contributed by atoms with Gasteiger partial charge in [0.1, 0.15) is 5.82 Å². The SMILES string of the molecule is CC(N)C1CCN(C(C)c2cccc(F)c2)C1.Cl. The van der Waals surface area contributed by atoms with Crippen LogP contribution in [-0.4, -0.2) is 24.0 Å². The summed E-state index contributed by atoms with van der Waals surface area (Å²) in [5, 5.41) is 0. The molecule has 1 heterocycles. The monoisotopic (exact) mass is 272 g/mol. The lowest BCUT2D eigenvalue weighted by Crippen LogP contribution is -2.31. The topological polar surface area (TPSA) is 29.3 Å². The van der Waals surface area contributed by atoms with Gasteiger partial charge in [0.05, 0.1) is 0 Å². The van der Waals surface area contributed by atoms with Crippen LogP contribution >= 0.6 is 12.4 Å². The van der Waals surface area contributed by atoms with Crippen molar-refractivity contribution in [3.8, 4) is 0 Å². The summed E-state index contributed by atoms with van der Waals surface area (Å²) in [6.45, 7) is 6.29. The molecule has 1 aromatic carbocycles. The van der Waals surface area contributed by atoms with Gasteiger partial charge < -0.3 is 5.73 Å². The molecule has 0 amide bonds. The van der Waals surface area contributed by atoms with Crippen molar-refractivity contribution in [2.24, 2.45) is 11.7 Å². The Morgan fingerprint density at radius 3 is 2.67 bits per heavy atom. The summed E-state index contributed by atoms with van der Waals surface area (Å²) in [7, 11) is 0. The molecule has 0 radical (unpaired) electrons. The fourth-order valence-corrected chi connectivity index (χ4v) is 2.57. The van der Waals surface area contributed by atoms with E-state index in [0.717, 1.165) is 25.1 Å². The molecule has 4 heteroatoms. The maximum absolute atomic E-state index is 13.2. The van der Waals surface area contributed by atoms with E-state index in [4.69, 9.17) is 5.73 Å². The third kappa shape index (κ3) is 3.44. The molecule has 102 valence electrons. The third-order valence-corrected chi connectivity index (χ3v) is 3.88. The molecule has 1 saturated heterocycles. The molecular weight excluding hydrogens is 251 g/mol. The van der Waals surface area contributed by atoms with Crippen molar-refractivity contribution in [2.75, 3.05) is 13.1 Å². The molecule has 0 spiro atoms. The highest BCUT2D eigenvalue weighted by molar-refractivity contribution is 5.85. The van der Waals surface area contributed by atoms with Gasteiger partial charge in [-0.3, -0.25) is 4.90 Å². The van der Waals surface area contributed by atoms with Crippen LogP contribution in [0.25, 0.3) is 0 Å². The van der Waals surface area contributed by atoms with Crippen molar-refractivity contribution < 1.29 is 4.39 Å². The number of nitrogens with two attached hydrogens (primary N) is 1. The highest BCUT2D eigenvalue weighted by atomic mass is 35.5. The normalized spacial score (nSPS) is 23.4. The van der Waals surface area contributed by atoms with Gasteiger partial charge in [0, 0.05) is 18.6 Å². The maximum Gasteiger partial charge on any atom is 0.123 e. The highest BCUT2D eigenvalue weighted by Gasteiger charge is 2.28. The quantitative estimate of drug-likeness (QED) is 0.917. The summed E-state index contributed by atoms with van der Waals surface area (Å²) < 4.78 is 13.2. The Bertz CT molecular complexity index is 384. The summed E-state index contributed by atoms with van der Waals surface area (Å²) in [5.74, 6) is 0.420. The fourth-order valence-electron chi connectivity index (χ4n) is 2.57. The van der Waals surface area contributed by atoms with Crippen molar-refractivity contribution in [1.29, 1.82) is 0 Å². The minimum atomic E-state index is -0.155. The molecule has 1 aliphatic heterocycles. The molecule has 3 atom stereocenters. The van der Waals surface area contributed by atoms with Crippen LogP contribution in [0.4, 0.5) is 4.39 Å². The Hall–Kier alpha value is -0.640. The van der Waals surface area contributed by atoms with Crippen LogP contribution in [0.5, 0.6) is 0 Å². The highest BCUT2D eigenvalue weighted by Crippen LogP contribution is 2.28. The molecule has 0 aromatic heterocycles. The van der Waals surface area contributed by atoms with E-state index in [-0.39, 0.29) is 30.3 Å². The molecule has 0 bridgehead atoms. The molecule has 2 nitrogen and oxygen atoms in total. The average Bonchev–Trinajstić information content (AvgIpc) is 2.77. The van der Waals surface area contributed by atoms with Crippen LogP contribution in [0, 0.1) is 11.7 Å². The summed E-state index contributed by atoms with van der Waals surface area (Å²) in [6, 6.07) is 7.41. The Morgan fingerprint density at radius 1 is 1.39 bits per heavy atom. The second-order valence-corrected chi connectivity index (χ2v) is 5.13. The molecule has 1 aliphatic rings. The fraction of sp³-hybridized carbons (Fsp3) is 0.571. The van der Waals surface area contributed by atoms with Crippen molar-refractivity contribution >= 4 is 12.4 Å². The van der Waals surface area contributed by atoms with E-state index in [1.165, 1.54) is 6.07 Å². The average molecular weight is 273 g/mol. The Morgan fingerprint density at radius 2 is 2.11 bits per heavy atom. The summed E-state index contributed by atoms with van der Waals surface area (Å²) in [4.78, 5) is 2.39. The molecule has 0 aliphatic carbocycles. The molecule has 0 saturated carbocycles. The minimum absolute atomic E-state index is 0. The number of halogens is 2. The summed E-state index contributed by atoms with van der Waals surface area (Å²) in [6.07, 6.45) is 1.15. The molecular formula is C14H22ClFN2. The predicted molar refractivity (Wildman–Crippen MR) is 75.4 cm³/mol. The molecule has 1 fully saturated rings. The van der Waals surface area contributed by atoms with Gasteiger partial charge in [0.25, 0.3) is 0 Å². The zero-order chi connectivity index (χ0) is 12.4. The van der Waals surface area contributed by atoms with Gasteiger partial charge >= 0.3 is 0 Å². The van der Waals surface area contributed by atoms with Gasteiger partial charge in [-0.25, -0.2) is 4.39 Å². The second kappa shape index (κ2) is 6.50. The van der Waals surface area contributed by atoms with Gasteiger partial charge in [-0.1, -0.05) is 12.1 Å². The van der Waals surface area contributed by atoms with Gasteiger partial charge in [0.15, 0.2) is 0 Å². The van der Waals surface area contributed by atoms with Crippen molar-refractivity contribution in [3.05, 3.63) is 35.6 Å². The standard InChI is InChI=1S/C14H21FN2.ClH/c1-10(16)13-6-7-17(9-13)11(2)12-4-3-5-14(15)8-12;/h3-5,8,10-11,13H,6-7,9,16H2,1-2H3;1H. The van der Waals surface area contributed by atoms with Crippen molar-refractivity contribution in [3.63, 3.8) is 0 Å². The first-order valence-corrected chi connectivity index (χ1v) is 6.33. The van der Waals surface area contributed by atoms with Crippen molar-refractivity contribution in [2.45, 2.75) is 32.4 Å². The maximum atomic E-state index is 13.2. The van der Waals surface area contributed by atoms with E-state index in [9.17, 15) is 4.39 Å². The summed E-state index contributed by atoms with van der Waals surface area (Å²) >= 11 is 0. The molecule has 18 heavy (non-hydrogen) atoms. The predicted octanol–water partition coefficient (Wildman–Crippen LogP) is 2.98. The lowest BCUT2D eigenvalue weighted by molar-refractivity contribution is 0.248. The van der Waals surface area contributed by atoms with Gasteiger partial charge in [-0.05, 0) is 50.4 Å². The number of nitrogens with zero attached hydrogens (tertiary/aromatic N) is 1. The minimum Gasteiger partial charge on any atom is -0.328 e. The van der Waals surface area contributed by atoms with Crippen LogP contribution in [0.2, 0.25) is 0 Å². The van der Waals surface area contributed by atoms with E-state index in [2.05, 4.69) is 18.7 Å². The van der Waals surface area contributed by atoms with Crippen LogP contribution in [0.3, 0.4) is 0 Å². The molecule has 3 unspecified atom stereocenters. The first-order valence-electron chi connectivity index (χ1n) is 6.33. The lowest BCUT2D eigenvalue weighted by Gasteiger charge is -2.25. The number of likely N-dealkylation sites (tertiary alicyclic amines) is 1. The lowest BCUT2D eigenvalue weighted by atomic mass is 10.0. The third-order valence-electron chi connectivity index (χ3n) is 3.88. The van der Waals surface area contributed by atoms with E-state index in [0.29, 0.717) is 5.92 Å². The number of hydrogen-bond acceptors (Lipinski definition) is 2. The zero-order valence-corrected chi connectivity index (χ0v) is 11.8. The molecule has 2 N–H and O–H groups in total. The molecule has 1 aromatic rings. The number of benzene rings is 1. The molecule has 2 rings (SSSR count). The van der Waals surface area contributed by atoms with E-state index in [1.54, 1.807) is 12.1 Å². The van der Waals surface area contributed by atoms with Crippen LogP contribution in [-0.2, 0) is 0 Å². The largest absolute Gasteiger partial charge is 0.328 e. The Balaban J connectivity index is 0.00000162. The van der Waals surface area contributed by atoms with Gasteiger partial charge in [-0.15, -0.1) is 12.4 Å². The van der Waals surface area contributed by atoms with Gasteiger partial charge in [-0.2, -0.15) is 0 Å². The Labute approximate surface area is 115 Å². The van der Waals surface area contributed by atoms with Crippen LogP contribution < -0.4 is 5.73 Å². The number of rotatable bonds is 3. The Kier molecular flexibility index (Phi) is 5.57. The summed E-state index contributed by atoms with van der Waals surface area (Å²) in [5.41, 5.74) is 6.99. The smallest absolute Gasteiger partial charge is 0.123 e.